The Labute approximate surface area is 98.8 Å². The minimum atomic E-state index is -0.791. The topological polar surface area (TPSA) is 90.1 Å². The number of aromatic nitrogens is 4. The minimum absolute atomic E-state index is 0.139. The number of rotatable bonds is 5. The molecule has 2 rings (SSSR count). The molecule has 1 atom stereocenters. The molecule has 1 N–H and O–H groups in total. The Morgan fingerprint density at radius 1 is 1.59 bits per heavy atom. The SMILES string of the molecule is O=C(O)CCCn1nnnc1C1CCCOC1. The number of carboxylic acids is 1. The lowest BCUT2D eigenvalue weighted by Gasteiger charge is -2.20. The molecule has 94 valence electrons. The highest BCUT2D eigenvalue weighted by atomic mass is 16.5. The summed E-state index contributed by atoms with van der Waals surface area (Å²) in [7, 11) is 0. The van der Waals surface area contributed by atoms with Crippen molar-refractivity contribution in [3.05, 3.63) is 5.82 Å². The predicted molar refractivity (Wildman–Crippen MR) is 57.5 cm³/mol. The van der Waals surface area contributed by atoms with E-state index in [0.717, 1.165) is 25.3 Å². The molecule has 1 saturated heterocycles. The number of aliphatic carboxylic acids is 1. The fraction of sp³-hybridized carbons (Fsp3) is 0.800. The molecule has 1 aliphatic rings. The van der Waals surface area contributed by atoms with Gasteiger partial charge in [-0.2, -0.15) is 0 Å². The maximum atomic E-state index is 10.4. The maximum Gasteiger partial charge on any atom is 0.303 e. The molecule has 0 aromatic carbocycles. The van der Waals surface area contributed by atoms with Gasteiger partial charge in [0, 0.05) is 25.5 Å². The molecule has 17 heavy (non-hydrogen) atoms. The van der Waals surface area contributed by atoms with Crippen LogP contribution in [0.3, 0.4) is 0 Å². The van der Waals surface area contributed by atoms with Gasteiger partial charge in [0.1, 0.15) is 0 Å². The average molecular weight is 240 g/mol. The third kappa shape index (κ3) is 3.23. The summed E-state index contributed by atoms with van der Waals surface area (Å²) in [4.78, 5) is 10.4. The molecule has 0 spiro atoms. The van der Waals surface area contributed by atoms with Crippen molar-refractivity contribution in [2.45, 2.75) is 38.1 Å². The first-order valence-corrected chi connectivity index (χ1v) is 5.83. The van der Waals surface area contributed by atoms with Gasteiger partial charge in [-0.15, -0.1) is 5.10 Å². The zero-order valence-corrected chi connectivity index (χ0v) is 9.58. The van der Waals surface area contributed by atoms with Gasteiger partial charge in [-0.3, -0.25) is 4.79 Å². The first-order valence-electron chi connectivity index (χ1n) is 5.83. The molecule has 1 aliphatic heterocycles. The minimum Gasteiger partial charge on any atom is -0.481 e. The summed E-state index contributed by atoms with van der Waals surface area (Å²) < 4.78 is 7.10. The molecule has 0 bridgehead atoms. The van der Waals surface area contributed by atoms with Crippen LogP contribution in [-0.2, 0) is 16.1 Å². The molecule has 7 nitrogen and oxygen atoms in total. The predicted octanol–water partition coefficient (Wildman–Crippen LogP) is 0.432. The van der Waals surface area contributed by atoms with Crippen LogP contribution in [0, 0.1) is 0 Å². The number of carbonyl (C=O) groups is 1. The zero-order valence-electron chi connectivity index (χ0n) is 9.58. The Kier molecular flexibility index (Phi) is 4.03. The van der Waals surface area contributed by atoms with Gasteiger partial charge in [-0.1, -0.05) is 0 Å². The maximum absolute atomic E-state index is 10.4. The number of hydrogen-bond acceptors (Lipinski definition) is 5. The molecule has 1 fully saturated rings. The van der Waals surface area contributed by atoms with Gasteiger partial charge in [0.05, 0.1) is 6.61 Å². The molecule has 2 heterocycles. The zero-order chi connectivity index (χ0) is 12.1. The molecule has 1 unspecified atom stereocenters. The van der Waals surface area contributed by atoms with Gasteiger partial charge in [0.2, 0.25) is 0 Å². The summed E-state index contributed by atoms with van der Waals surface area (Å²) in [6.07, 6.45) is 2.73. The highest BCUT2D eigenvalue weighted by Gasteiger charge is 2.22. The van der Waals surface area contributed by atoms with Crippen LogP contribution >= 0.6 is 0 Å². The summed E-state index contributed by atoms with van der Waals surface area (Å²) in [5, 5.41) is 20.1. The summed E-state index contributed by atoms with van der Waals surface area (Å²) in [5.41, 5.74) is 0. The Bertz CT molecular complexity index is 373. The van der Waals surface area contributed by atoms with E-state index >= 15 is 0 Å². The van der Waals surface area contributed by atoms with Crippen molar-refractivity contribution < 1.29 is 14.6 Å². The van der Waals surface area contributed by atoms with Gasteiger partial charge >= 0.3 is 5.97 Å². The number of ether oxygens (including phenoxy) is 1. The van der Waals surface area contributed by atoms with Gasteiger partial charge in [0.15, 0.2) is 5.82 Å². The number of tetrazole rings is 1. The monoisotopic (exact) mass is 240 g/mol. The Balaban J connectivity index is 1.93. The molecule has 0 saturated carbocycles. The van der Waals surface area contributed by atoms with Crippen LogP contribution in [0.5, 0.6) is 0 Å². The largest absolute Gasteiger partial charge is 0.481 e. The lowest BCUT2D eigenvalue weighted by Crippen LogP contribution is -2.20. The van der Waals surface area contributed by atoms with Crippen LogP contribution in [0.2, 0.25) is 0 Å². The molecule has 1 aromatic heterocycles. The van der Waals surface area contributed by atoms with E-state index in [-0.39, 0.29) is 12.3 Å². The van der Waals surface area contributed by atoms with Crippen molar-refractivity contribution in [1.29, 1.82) is 0 Å². The van der Waals surface area contributed by atoms with Crippen molar-refractivity contribution in [2.24, 2.45) is 0 Å². The van der Waals surface area contributed by atoms with E-state index in [0.29, 0.717) is 19.6 Å². The van der Waals surface area contributed by atoms with Crippen molar-refractivity contribution in [3.63, 3.8) is 0 Å². The van der Waals surface area contributed by atoms with Gasteiger partial charge in [-0.25, -0.2) is 4.68 Å². The van der Waals surface area contributed by atoms with Crippen LogP contribution in [0.15, 0.2) is 0 Å². The number of aryl methyl sites for hydroxylation is 1. The van der Waals surface area contributed by atoms with Gasteiger partial charge < -0.3 is 9.84 Å². The van der Waals surface area contributed by atoms with Crippen molar-refractivity contribution in [3.8, 4) is 0 Å². The van der Waals surface area contributed by atoms with E-state index in [1.807, 2.05) is 0 Å². The van der Waals surface area contributed by atoms with Crippen LogP contribution < -0.4 is 0 Å². The molecular weight excluding hydrogens is 224 g/mol. The van der Waals surface area contributed by atoms with Crippen molar-refractivity contribution in [2.75, 3.05) is 13.2 Å². The first-order chi connectivity index (χ1) is 8.27. The fourth-order valence-electron chi connectivity index (χ4n) is 1.99. The highest BCUT2D eigenvalue weighted by Crippen LogP contribution is 2.23. The van der Waals surface area contributed by atoms with Crippen LogP contribution in [0.25, 0.3) is 0 Å². The third-order valence-corrected chi connectivity index (χ3v) is 2.85. The lowest BCUT2D eigenvalue weighted by molar-refractivity contribution is -0.137. The summed E-state index contributed by atoms with van der Waals surface area (Å²) in [6, 6.07) is 0. The van der Waals surface area contributed by atoms with Gasteiger partial charge in [-0.05, 0) is 29.7 Å². The van der Waals surface area contributed by atoms with E-state index in [1.54, 1.807) is 4.68 Å². The van der Waals surface area contributed by atoms with Crippen LogP contribution in [0.1, 0.15) is 37.4 Å². The summed E-state index contributed by atoms with van der Waals surface area (Å²) in [5.74, 6) is 0.263. The average Bonchev–Trinajstić information content (AvgIpc) is 2.78. The molecule has 0 radical (unpaired) electrons. The second kappa shape index (κ2) is 5.72. The standard InChI is InChI=1S/C10H16N4O3/c15-9(16)4-1-5-14-10(11-12-13-14)8-3-2-6-17-7-8/h8H,1-7H2,(H,15,16). The fourth-order valence-corrected chi connectivity index (χ4v) is 1.99. The number of nitrogens with zero attached hydrogens (tertiary/aromatic N) is 4. The van der Waals surface area contributed by atoms with E-state index in [4.69, 9.17) is 9.84 Å². The summed E-state index contributed by atoms with van der Waals surface area (Å²) >= 11 is 0. The molecule has 1 aromatic rings. The van der Waals surface area contributed by atoms with E-state index < -0.39 is 5.97 Å². The number of carboxylic acid groups (broad SMARTS) is 1. The molecular formula is C10H16N4O3. The lowest BCUT2D eigenvalue weighted by atomic mass is 10.0. The second-order valence-corrected chi connectivity index (χ2v) is 4.17. The second-order valence-electron chi connectivity index (χ2n) is 4.17. The molecule has 0 aliphatic carbocycles. The quantitative estimate of drug-likeness (QED) is 0.802. The number of hydrogen-bond donors (Lipinski definition) is 1. The van der Waals surface area contributed by atoms with E-state index in [1.165, 1.54) is 0 Å². The van der Waals surface area contributed by atoms with Gasteiger partial charge in [0.25, 0.3) is 0 Å². The summed E-state index contributed by atoms with van der Waals surface area (Å²) in [6.45, 7) is 2.00. The Morgan fingerprint density at radius 3 is 3.18 bits per heavy atom. The molecule has 0 amide bonds. The van der Waals surface area contributed by atoms with Crippen molar-refractivity contribution in [1.82, 2.24) is 20.2 Å². The first kappa shape index (κ1) is 12.0. The van der Waals surface area contributed by atoms with Crippen LogP contribution in [0.4, 0.5) is 0 Å². The Hall–Kier alpha value is -1.50. The van der Waals surface area contributed by atoms with Crippen molar-refractivity contribution >= 4 is 5.97 Å². The Morgan fingerprint density at radius 2 is 2.47 bits per heavy atom. The van der Waals surface area contributed by atoms with E-state index in [2.05, 4.69) is 15.5 Å². The molecule has 7 heteroatoms. The van der Waals surface area contributed by atoms with E-state index in [9.17, 15) is 4.79 Å². The van der Waals surface area contributed by atoms with Crippen LogP contribution in [-0.4, -0.2) is 44.5 Å². The smallest absolute Gasteiger partial charge is 0.303 e. The third-order valence-electron chi connectivity index (χ3n) is 2.85. The highest BCUT2D eigenvalue weighted by molar-refractivity contribution is 5.66. The normalized spacial score (nSPS) is 20.4.